The summed E-state index contributed by atoms with van der Waals surface area (Å²) in [5.74, 6) is -0.0237. The zero-order chi connectivity index (χ0) is 15.5. The van der Waals surface area contributed by atoms with E-state index in [2.05, 4.69) is 10.6 Å². The Morgan fingerprint density at radius 3 is 2.25 bits per heavy atom. The highest BCUT2D eigenvalue weighted by Crippen LogP contribution is 2.25. The van der Waals surface area contributed by atoms with Crippen LogP contribution in [0.1, 0.15) is 46.2 Å². The van der Waals surface area contributed by atoms with Crippen molar-refractivity contribution >= 4 is 29.1 Å². The summed E-state index contributed by atoms with van der Waals surface area (Å²) in [6, 6.07) is 5.19. The van der Waals surface area contributed by atoms with Gasteiger partial charge >= 0.3 is 0 Å². The lowest BCUT2D eigenvalue weighted by molar-refractivity contribution is -0.124. The van der Waals surface area contributed by atoms with E-state index >= 15 is 0 Å². The molecule has 0 radical (unpaired) electrons. The Bertz CT molecular complexity index is 483. The number of benzene rings is 1. The Balaban J connectivity index is 2.67. The monoisotopic (exact) mass is 316 g/mol. The third-order valence-electron chi connectivity index (χ3n) is 2.84. The molecular weight excluding hydrogens is 295 g/mol. The van der Waals surface area contributed by atoms with Crippen molar-refractivity contribution in [2.24, 2.45) is 0 Å². The third-order valence-corrected chi connectivity index (χ3v) is 3.57. The molecule has 0 fully saturated rings. The maximum atomic E-state index is 12.0. The van der Waals surface area contributed by atoms with Crippen LogP contribution in [0, 0.1) is 0 Å². The predicted octanol–water partition coefficient (Wildman–Crippen LogP) is 3.95. The molecular formula is C15H22Cl2N2O. The molecule has 0 saturated carbocycles. The van der Waals surface area contributed by atoms with Crippen LogP contribution >= 0.6 is 23.2 Å². The minimum atomic E-state index is -0.293. The maximum Gasteiger partial charge on any atom is 0.237 e. The van der Waals surface area contributed by atoms with Crippen molar-refractivity contribution < 1.29 is 4.79 Å². The van der Waals surface area contributed by atoms with Crippen LogP contribution in [0.5, 0.6) is 0 Å². The Kier molecular flexibility index (Phi) is 5.87. The second kappa shape index (κ2) is 6.79. The molecule has 0 saturated heterocycles. The van der Waals surface area contributed by atoms with E-state index in [1.807, 2.05) is 46.8 Å². The quantitative estimate of drug-likeness (QED) is 0.883. The van der Waals surface area contributed by atoms with E-state index < -0.39 is 0 Å². The molecule has 3 nitrogen and oxygen atoms in total. The summed E-state index contributed by atoms with van der Waals surface area (Å²) in [5, 5.41) is 7.25. The molecule has 1 aromatic rings. The first-order valence-electron chi connectivity index (χ1n) is 6.63. The molecule has 0 bridgehead atoms. The largest absolute Gasteiger partial charge is 0.350 e. The lowest BCUT2D eigenvalue weighted by Crippen LogP contribution is -2.49. The fraction of sp³-hybridized carbons (Fsp3) is 0.533. The molecule has 0 aliphatic rings. The number of carbonyl (C=O) groups is 1. The fourth-order valence-electron chi connectivity index (χ4n) is 1.81. The van der Waals surface area contributed by atoms with Gasteiger partial charge in [0.25, 0.3) is 0 Å². The third kappa shape index (κ3) is 5.31. The lowest BCUT2D eigenvalue weighted by atomic mass is 10.1. The highest BCUT2D eigenvalue weighted by Gasteiger charge is 2.21. The second-order valence-electron chi connectivity index (χ2n) is 6.02. The number of amides is 1. The van der Waals surface area contributed by atoms with Crippen molar-refractivity contribution in [3.8, 4) is 0 Å². The van der Waals surface area contributed by atoms with E-state index in [0.717, 1.165) is 5.56 Å². The molecule has 1 aromatic carbocycles. The van der Waals surface area contributed by atoms with Gasteiger partial charge in [0.05, 0.1) is 16.1 Å². The van der Waals surface area contributed by atoms with Crippen LogP contribution < -0.4 is 10.6 Å². The van der Waals surface area contributed by atoms with Crippen LogP contribution in [-0.2, 0) is 4.79 Å². The highest BCUT2D eigenvalue weighted by molar-refractivity contribution is 6.42. The van der Waals surface area contributed by atoms with Crippen LogP contribution in [-0.4, -0.2) is 17.5 Å². The van der Waals surface area contributed by atoms with Crippen molar-refractivity contribution in [2.45, 2.75) is 52.2 Å². The molecule has 0 heterocycles. The normalized spacial score (nSPS) is 14.8. The van der Waals surface area contributed by atoms with Gasteiger partial charge in [-0.05, 0) is 52.3 Å². The van der Waals surface area contributed by atoms with Crippen LogP contribution in [0.15, 0.2) is 18.2 Å². The predicted molar refractivity (Wildman–Crippen MR) is 85.4 cm³/mol. The molecule has 0 aliphatic carbocycles. The van der Waals surface area contributed by atoms with Crippen molar-refractivity contribution in [2.75, 3.05) is 0 Å². The van der Waals surface area contributed by atoms with E-state index in [1.54, 1.807) is 6.07 Å². The number of carbonyl (C=O) groups excluding carboxylic acids is 1. The van der Waals surface area contributed by atoms with Gasteiger partial charge in [-0.15, -0.1) is 0 Å². The second-order valence-corrected chi connectivity index (χ2v) is 6.84. The average Bonchev–Trinajstić information content (AvgIpc) is 2.30. The number of nitrogens with one attached hydrogen (secondary N) is 2. The fourth-order valence-corrected chi connectivity index (χ4v) is 2.11. The first-order valence-corrected chi connectivity index (χ1v) is 7.39. The number of halogens is 2. The molecule has 0 aromatic heterocycles. The van der Waals surface area contributed by atoms with Gasteiger partial charge in [0.1, 0.15) is 0 Å². The van der Waals surface area contributed by atoms with Crippen LogP contribution in [0.3, 0.4) is 0 Å². The van der Waals surface area contributed by atoms with Gasteiger partial charge in [0.15, 0.2) is 0 Å². The summed E-state index contributed by atoms with van der Waals surface area (Å²) in [6.45, 7) is 9.70. The van der Waals surface area contributed by atoms with Gasteiger partial charge in [0.2, 0.25) is 5.91 Å². The summed E-state index contributed by atoms with van der Waals surface area (Å²) in [5.41, 5.74) is 0.759. The Hall–Kier alpha value is -0.770. The molecule has 1 amide bonds. The topological polar surface area (TPSA) is 41.1 Å². The summed E-state index contributed by atoms with van der Waals surface area (Å²) in [4.78, 5) is 12.0. The van der Waals surface area contributed by atoms with Crippen molar-refractivity contribution in [1.29, 1.82) is 0 Å². The zero-order valence-electron chi connectivity index (χ0n) is 12.6. The van der Waals surface area contributed by atoms with Crippen LogP contribution in [0.25, 0.3) is 0 Å². The van der Waals surface area contributed by atoms with Gasteiger partial charge < -0.3 is 5.32 Å². The van der Waals surface area contributed by atoms with Gasteiger partial charge in [-0.3, -0.25) is 10.1 Å². The minimum absolute atomic E-state index is 0.00508. The van der Waals surface area contributed by atoms with Gasteiger partial charge in [-0.25, -0.2) is 0 Å². The Labute approximate surface area is 131 Å². The molecule has 0 aliphatic heterocycles. The van der Waals surface area contributed by atoms with Gasteiger partial charge in [0, 0.05) is 11.6 Å². The van der Waals surface area contributed by atoms with E-state index in [0.29, 0.717) is 10.0 Å². The van der Waals surface area contributed by atoms with Gasteiger partial charge in [-0.2, -0.15) is 0 Å². The summed E-state index contributed by atoms with van der Waals surface area (Å²) >= 11 is 11.9. The number of hydrogen-bond acceptors (Lipinski definition) is 2. The molecule has 112 valence electrons. The smallest absolute Gasteiger partial charge is 0.237 e. The summed E-state index contributed by atoms with van der Waals surface area (Å²) < 4.78 is 0. The molecule has 0 spiro atoms. The number of rotatable bonds is 4. The zero-order valence-corrected chi connectivity index (χ0v) is 14.1. The molecule has 2 unspecified atom stereocenters. The maximum absolute atomic E-state index is 12.0. The van der Waals surface area contributed by atoms with E-state index in [4.69, 9.17) is 23.2 Å². The van der Waals surface area contributed by atoms with E-state index in [9.17, 15) is 4.79 Å². The summed E-state index contributed by atoms with van der Waals surface area (Å²) in [6.07, 6.45) is 0. The lowest BCUT2D eigenvalue weighted by Gasteiger charge is -2.25. The average molecular weight is 317 g/mol. The Morgan fingerprint density at radius 1 is 1.15 bits per heavy atom. The van der Waals surface area contributed by atoms with E-state index in [1.165, 1.54) is 0 Å². The SMILES string of the molecule is CC(NC(C)c1ccc(Cl)c(Cl)c1)C(=O)NC(C)(C)C. The first kappa shape index (κ1) is 17.3. The molecule has 5 heteroatoms. The van der Waals surface area contributed by atoms with Crippen LogP contribution in [0.4, 0.5) is 0 Å². The first-order chi connectivity index (χ1) is 9.10. The molecule has 1 rings (SSSR count). The van der Waals surface area contributed by atoms with E-state index in [-0.39, 0.29) is 23.5 Å². The van der Waals surface area contributed by atoms with Gasteiger partial charge in [-0.1, -0.05) is 29.3 Å². The highest BCUT2D eigenvalue weighted by atomic mass is 35.5. The standard InChI is InChI=1S/C15H22Cl2N2O/c1-9(11-6-7-12(16)13(17)8-11)18-10(2)14(20)19-15(3,4)5/h6-10,18H,1-5H3,(H,19,20). The van der Waals surface area contributed by atoms with Crippen molar-refractivity contribution in [1.82, 2.24) is 10.6 Å². The molecule has 2 atom stereocenters. The van der Waals surface area contributed by atoms with Crippen molar-refractivity contribution in [3.63, 3.8) is 0 Å². The Morgan fingerprint density at radius 2 is 1.75 bits per heavy atom. The minimum Gasteiger partial charge on any atom is -0.350 e. The summed E-state index contributed by atoms with van der Waals surface area (Å²) in [7, 11) is 0. The number of hydrogen-bond donors (Lipinski definition) is 2. The molecule has 20 heavy (non-hydrogen) atoms. The molecule has 2 N–H and O–H groups in total. The van der Waals surface area contributed by atoms with Crippen LogP contribution in [0.2, 0.25) is 10.0 Å². The van der Waals surface area contributed by atoms with Crippen molar-refractivity contribution in [3.05, 3.63) is 33.8 Å².